The van der Waals surface area contributed by atoms with Gasteiger partial charge in [-0.15, -0.1) is 0 Å². The molecule has 0 radical (unpaired) electrons. The van der Waals surface area contributed by atoms with Gasteiger partial charge >= 0.3 is 6.03 Å². The normalized spacial score (nSPS) is 20.4. The van der Waals surface area contributed by atoms with Crippen LogP contribution in [0.3, 0.4) is 0 Å². The third kappa shape index (κ3) is 5.85. The maximum atomic E-state index is 11.9. The number of nitrogens with one attached hydrogen (secondary N) is 2. The molecule has 1 aromatic carbocycles. The van der Waals surface area contributed by atoms with Crippen molar-refractivity contribution < 1.29 is 4.79 Å². The number of hydrogen-bond donors (Lipinski definition) is 2. The fourth-order valence-electron chi connectivity index (χ4n) is 2.94. The molecule has 4 nitrogen and oxygen atoms in total. The van der Waals surface area contributed by atoms with Crippen LogP contribution < -0.4 is 10.6 Å². The van der Waals surface area contributed by atoms with Crippen molar-refractivity contribution in [3.63, 3.8) is 0 Å². The molecule has 0 saturated carbocycles. The van der Waals surface area contributed by atoms with Crippen molar-refractivity contribution in [2.75, 3.05) is 19.6 Å². The van der Waals surface area contributed by atoms with Crippen LogP contribution in [-0.4, -0.2) is 36.6 Å². The molecule has 22 heavy (non-hydrogen) atoms. The number of rotatable bonds is 5. The Morgan fingerprint density at radius 3 is 2.82 bits per heavy atom. The van der Waals surface area contributed by atoms with E-state index in [-0.39, 0.29) is 12.1 Å². The van der Waals surface area contributed by atoms with E-state index in [1.54, 1.807) is 0 Å². The van der Waals surface area contributed by atoms with Crippen molar-refractivity contribution >= 4 is 17.6 Å². The molecule has 122 valence electrons. The monoisotopic (exact) mass is 323 g/mol. The van der Waals surface area contributed by atoms with Crippen molar-refractivity contribution in [2.45, 2.75) is 39.3 Å². The van der Waals surface area contributed by atoms with Crippen LogP contribution in [0.15, 0.2) is 24.3 Å². The van der Waals surface area contributed by atoms with Crippen molar-refractivity contribution in [2.24, 2.45) is 5.92 Å². The first kappa shape index (κ1) is 17.1. The van der Waals surface area contributed by atoms with E-state index in [2.05, 4.69) is 29.4 Å². The molecule has 5 heteroatoms. The topological polar surface area (TPSA) is 44.4 Å². The van der Waals surface area contributed by atoms with E-state index >= 15 is 0 Å². The summed E-state index contributed by atoms with van der Waals surface area (Å²) in [5.41, 5.74) is 1.04. The molecule has 2 atom stereocenters. The minimum absolute atomic E-state index is 0.118. The van der Waals surface area contributed by atoms with Crippen LogP contribution in [0.1, 0.15) is 32.3 Å². The summed E-state index contributed by atoms with van der Waals surface area (Å²) < 4.78 is 0. The molecule has 2 unspecified atom stereocenters. The lowest BCUT2D eigenvalue weighted by Crippen LogP contribution is -2.47. The minimum Gasteiger partial charge on any atom is -0.334 e. The van der Waals surface area contributed by atoms with E-state index in [9.17, 15) is 4.79 Å². The van der Waals surface area contributed by atoms with Gasteiger partial charge in [0, 0.05) is 30.7 Å². The highest BCUT2D eigenvalue weighted by molar-refractivity contribution is 6.30. The Labute approximate surface area is 138 Å². The Hall–Kier alpha value is -1.26. The van der Waals surface area contributed by atoms with E-state index in [0.717, 1.165) is 31.1 Å². The van der Waals surface area contributed by atoms with Gasteiger partial charge in [0.05, 0.1) is 0 Å². The number of piperidine rings is 1. The number of hydrogen-bond acceptors (Lipinski definition) is 2. The van der Waals surface area contributed by atoms with Gasteiger partial charge in [0.15, 0.2) is 0 Å². The average molecular weight is 324 g/mol. The third-order valence-electron chi connectivity index (χ3n) is 4.02. The molecule has 1 saturated heterocycles. The molecule has 2 amide bonds. The lowest BCUT2D eigenvalue weighted by atomic mass is 10.00. The van der Waals surface area contributed by atoms with E-state index in [4.69, 9.17) is 11.6 Å². The van der Waals surface area contributed by atoms with Gasteiger partial charge in [-0.2, -0.15) is 0 Å². The van der Waals surface area contributed by atoms with Crippen LogP contribution in [0.2, 0.25) is 5.02 Å². The van der Waals surface area contributed by atoms with Crippen LogP contribution in [0, 0.1) is 5.92 Å². The molecule has 0 bridgehead atoms. The first-order valence-electron chi connectivity index (χ1n) is 8.04. The molecule has 1 fully saturated rings. The molecular weight excluding hydrogens is 298 g/mol. The van der Waals surface area contributed by atoms with E-state index in [1.165, 1.54) is 12.8 Å². The highest BCUT2D eigenvalue weighted by Crippen LogP contribution is 2.15. The maximum absolute atomic E-state index is 11.9. The fourth-order valence-corrected chi connectivity index (χ4v) is 3.07. The van der Waals surface area contributed by atoms with Gasteiger partial charge < -0.3 is 15.5 Å². The summed E-state index contributed by atoms with van der Waals surface area (Å²) in [6, 6.07) is 7.53. The molecule has 1 aliphatic rings. The first-order valence-corrected chi connectivity index (χ1v) is 8.42. The summed E-state index contributed by atoms with van der Waals surface area (Å²) in [5.74, 6) is 0.764. The summed E-state index contributed by atoms with van der Waals surface area (Å²) in [6.45, 7) is 8.06. The predicted molar refractivity (Wildman–Crippen MR) is 91.1 cm³/mol. The zero-order valence-corrected chi connectivity index (χ0v) is 14.2. The molecule has 1 aromatic rings. The number of amides is 2. The summed E-state index contributed by atoms with van der Waals surface area (Å²) in [4.78, 5) is 14.4. The Bertz CT molecular complexity index is 477. The predicted octanol–water partition coefficient (Wildman–Crippen LogP) is 3.26. The second-order valence-corrected chi connectivity index (χ2v) is 6.80. The van der Waals surface area contributed by atoms with Gasteiger partial charge in [0.2, 0.25) is 0 Å². The van der Waals surface area contributed by atoms with Gasteiger partial charge in [-0.05, 0) is 49.9 Å². The largest absolute Gasteiger partial charge is 0.334 e. The summed E-state index contributed by atoms with van der Waals surface area (Å²) in [6.07, 6.45) is 2.58. The van der Waals surface area contributed by atoms with Crippen molar-refractivity contribution in [1.82, 2.24) is 15.5 Å². The quantitative estimate of drug-likeness (QED) is 0.873. The number of benzene rings is 1. The van der Waals surface area contributed by atoms with E-state index in [0.29, 0.717) is 11.6 Å². The van der Waals surface area contributed by atoms with E-state index in [1.807, 2.05) is 24.3 Å². The number of carbonyl (C=O) groups is 1. The van der Waals surface area contributed by atoms with Crippen LogP contribution in [0.4, 0.5) is 4.79 Å². The SMILES string of the molecule is CC1CCCN(CC(C)NC(=O)NCc2ccc(Cl)cc2)C1. The van der Waals surface area contributed by atoms with Crippen LogP contribution >= 0.6 is 11.6 Å². The van der Waals surface area contributed by atoms with Crippen molar-refractivity contribution in [3.05, 3.63) is 34.9 Å². The Kier molecular flexibility index (Phi) is 6.52. The number of carbonyl (C=O) groups excluding carboxylic acids is 1. The molecule has 1 heterocycles. The number of halogens is 1. The molecular formula is C17H26ClN3O. The first-order chi connectivity index (χ1) is 10.5. The highest BCUT2D eigenvalue weighted by Gasteiger charge is 2.18. The molecule has 0 aliphatic carbocycles. The second-order valence-electron chi connectivity index (χ2n) is 6.36. The number of nitrogens with zero attached hydrogens (tertiary/aromatic N) is 1. The summed E-state index contributed by atoms with van der Waals surface area (Å²) in [7, 11) is 0. The van der Waals surface area contributed by atoms with Gasteiger partial charge in [-0.1, -0.05) is 30.7 Å². The summed E-state index contributed by atoms with van der Waals surface area (Å²) >= 11 is 5.84. The maximum Gasteiger partial charge on any atom is 0.315 e. The van der Waals surface area contributed by atoms with Crippen LogP contribution in [-0.2, 0) is 6.54 Å². The van der Waals surface area contributed by atoms with E-state index < -0.39 is 0 Å². The lowest BCUT2D eigenvalue weighted by molar-refractivity contribution is 0.169. The smallest absolute Gasteiger partial charge is 0.315 e. The van der Waals surface area contributed by atoms with Crippen LogP contribution in [0.25, 0.3) is 0 Å². The molecule has 0 spiro atoms. The standard InChI is InChI=1S/C17H26ClN3O/c1-13-4-3-9-21(11-13)12-14(2)20-17(22)19-10-15-5-7-16(18)8-6-15/h5-8,13-14H,3-4,9-12H2,1-2H3,(H2,19,20,22). The van der Waals surface area contributed by atoms with Crippen molar-refractivity contribution in [3.8, 4) is 0 Å². The Morgan fingerprint density at radius 2 is 2.14 bits per heavy atom. The van der Waals surface area contributed by atoms with Gasteiger partial charge in [-0.25, -0.2) is 4.79 Å². The Morgan fingerprint density at radius 1 is 1.41 bits per heavy atom. The molecule has 1 aliphatic heterocycles. The second kappa shape index (κ2) is 8.39. The zero-order valence-electron chi connectivity index (χ0n) is 13.4. The lowest BCUT2D eigenvalue weighted by Gasteiger charge is -2.32. The van der Waals surface area contributed by atoms with Gasteiger partial charge in [-0.3, -0.25) is 0 Å². The minimum atomic E-state index is -0.118. The van der Waals surface area contributed by atoms with Gasteiger partial charge in [0.25, 0.3) is 0 Å². The average Bonchev–Trinajstić information content (AvgIpc) is 2.46. The zero-order chi connectivity index (χ0) is 15.9. The van der Waals surface area contributed by atoms with Crippen LogP contribution in [0.5, 0.6) is 0 Å². The molecule has 2 rings (SSSR count). The van der Waals surface area contributed by atoms with Gasteiger partial charge in [0.1, 0.15) is 0 Å². The number of urea groups is 1. The highest BCUT2D eigenvalue weighted by atomic mass is 35.5. The summed E-state index contributed by atoms with van der Waals surface area (Å²) in [5, 5.41) is 6.60. The third-order valence-corrected chi connectivity index (χ3v) is 4.27. The fraction of sp³-hybridized carbons (Fsp3) is 0.588. The Balaban J connectivity index is 1.68. The molecule has 2 N–H and O–H groups in total. The molecule has 0 aromatic heterocycles. The van der Waals surface area contributed by atoms with Crippen molar-refractivity contribution in [1.29, 1.82) is 0 Å². The number of likely N-dealkylation sites (tertiary alicyclic amines) is 1.